The summed E-state index contributed by atoms with van der Waals surface area (Å²) in [6.45, 7) is 2.76. The van der Waals surface area contributed by atoms with E-state index in [0.29, 0.717) is 24.7 Å². The number of rotatable bonds is 6. The van der Waals surface area contributed by atoms with E-state index < -0.39 is 6.10 Å². The van der Waals surface area contributed by atoms with Gasteiger partial charge in [0.2, 0.25) is 0 Å². The van der Waals surface area contributed by atoms with E-state index in [2.05, 4.69) is 4.98 Å². The average molecular weight is 431 g/mol. The molecule has 0 amide bonds. The molecule has 5 nitrogen and oxygen atoms in total. The Kier molecular flexibility index (Phi) is 6.49. The smallest absolute Gasteiger partial charge is 0.123 e. The fourth-order valence-electron chi connectivity index (χ4n) is 3.82. The van der Waals surface area contributed by atoms with Gasteiger partial charge in [0.15, 0.2) is 0 Å². The minimum absolute atomic E-state index is 0.154. The van der Waals surface area contributed by atoms with Crippen molar-refractivity contribution in [2.75, 3.05) is 13.7 Å². The van der Waals surface area contributed by atoms with Crippen LogP contribution in [0.2, 0.25) is 5.02 Å². The largest absolute Gasteiger partial charge is 0.379 e. The Bertz CT molecular complexity index is 1010. The van der Waals surface area contributed by atoms with Crippen molar-refractivity contribution in [2.24, 2.45) is 0 Å². The molecule has 0 spiro atoms. The van der Waals surface area contributed by atoms with Crippen LogP contribution in [0, 0.1) is 12.7 Å². The third-order valence-electron chi connectivity index (χ3n) is 5.42. The first kappa shape index (κ1) is 21.0. The number of hydrogen-bond acceptors (Lipinski definition) is 4. The first-order valence-corrected chi connectivity index (χ1v) is 10.2. The van der Waals surface area contributed by atoms with Crippen LogP contribution in [-0.4, -0.2) is 35.5 Å². The number of hydrogen-bond donors (Lipinski definition) is 0. The summed E-state index contributed by atoms with van der Waals surface area (Å²) in [6.07, 6.45) is 3.41. The number of imidazole rings is 1. The van der Waals surface area contributed by atoms with Crippen LogP contribution in [0.25, 0.3) is 5.69 Å². The molecule has 3 atom stereocenters. The normalized spacial score (nSPS) is 21.7. The van der Waals surface area contributed by atoms with Crippen molar-refractivity contribution in [3.63, 3.8) is 0 Å². The molecule has 1 fully saturated rings. The molecule has 158 valence electrons. The van der Waals surface area contributed by atoms with Crippen molar-refractivity contribution in [3.8, 4) is 5.69 Å². The highest BCUT2D eigenvalue weighted by molar-refractivity contribution is 6.31. The number of aryl methyl sites for hydroxylation is 1. The van der Waals surface area contributed by atoms with Crippen LogP contribution in [0.4, 0.5) is 4.39 Å². The fourth-order valence-corrected chi connectivity index (χ4v) is 4.05. The number of halogens is 2. The lowest BCUT2D eigenvalue weighted by Crippen LogP contribution is -2.42. The topological polar surface area (TPSA) is 45.5 Å². The third kappa shape index (κ3) is 4.42. The van der Waals surface area contributed by atoms with E-state index >= 15 is 0 Å². The van der Waals surface area contributed by atoms with Gasteiger partial charge in [0.05, 0.1) is 19.3 Å². The summed E-state index contributed by atoms with van der Waals surface area (Å²) >= 11 is 6.53. The Morgan fingerprint density at radius 1 is 1.27 bits per heavy atom. The molecule has 30 heavy (non-hydrogen) atoms. The highest BCUT2D eigenvalue weighted by Crippen LogP contribution is 2.34. The minimum atomic E-state index is -0.411. The molecule has 0 aliphatic carbocycles. The van der Waals surface area contributed by atoms with E-state index in [9.17, 15) is 4.39 Å². The number of aromatic nitrogens is 2. The van der Waals surface area contributed by atoms with Crippen LogP contribution in [0.5, 0.6) is 0 Å². The second-order valence-corrected chi connectivity index (χ2v) is 7.71. The molecule has 1 aliphatic heterocycles. The Labute approximate surface area is 180 Å². The van der Waals surface area contributed by atoms with Crippen LogP contribution < -0.4 is 0 Å². The van der Waals surface area contributed by atoms with Gasteiger partial charge in [-0.15, -0.1) is 0 Å². The predicted molar refractivity (Wildman–Crippen MR) is 112 cm³/mol. The standard InChI is InChI=1S/C23H24ClFN2O3/c1-15-26-9-10-27(15)19-7-6-17(20(24)13-19)14-30-23-21(28-2)8-11-29-22(23)16-4-3-5-18(25)12-16/h3-7,9-10,12-13,21-23H,8,11,14H2,1-2H3. The number of benzene rings is 2. The van der Waals surface area contributed by atoms with Crippen molar-refractivity contribution in [3.05, 3.63) is 82.6 Å². The quantitative estimate of drug-likeness (QED) is 0.550. The molecule has 1 aromatic heterocycles. The highest BCUT2D eigenvalue weighted by atomic mass is 35.5. The van der Waals surface area contributed by atoms with Gasteiger partial charge in [0.25, 0.3) is 0 Å². The fraction of sp³-hybridized carbons (Fsp3) is 0.348. The molecule has 7 heteroatoms. The van der Waals surface area contributed by atoms with E-state index in [-0.39, 0.29) is 18.0 Å². The number of methoxy groups -OCH3 is 1. The van der Waals surface area contributed by atoms with Gasteiger partial charge in [-0.2, -0.15) is 0 Å². The van der Waals surface area contributed by atoms with Crippen molar-refractivity contribution in [2.45, 2.75) is 38.3 Å². The van der Waals surface area contributed by atoms with Crippen molar-refractivity contribution in [1.82, 2.24) is 9.55 Å². The van der Waals surface area contributed by atoms with Gasteiger partial charge in [-0.25, -0.2) is 9.37 Å². The van der Waals surface area contributed by atoms with Crippen LogP contribution in [0.3, 0.4) is 0 Å². The Morgan fingerprint density at radius 3 is 2.83 bits per heavy atom. The Hall–Kier alpha value is -2.25. The SMILES string of the molecule is COC1CCOC(c2cccc(F)c2)C1OCc1ccc(-n2ccnc2C)cc1Cl. The predicted octanol–water partition coefficient (Wildman–Crippen LogP) is 5.04. The summed E-state index contributed by atoms with van der Waals surface area (Å²) < 4.78 is 33.6. The monoisotopic (exact) mass is 430 g/mol. The molecule has 0 N–H and O–H groups in total. The molecule has 3 aromatic rings. The summed E-state index contributed by atoms with van der Waals surface area (Å²) in [5, 5.41) is 0.605. The highest BCUT2D eigenvalue weighted by Gasteiger charge is 2.36. The molecule has 0 bridgehead atoms. The average Bonchev–Trinajstić information content (AvgIpc) is 3.18. The maximum absolute atomic E-state index is 13.8. The summed E-state index contributed by atoms with van der Waals surface area (Å²) in [4.78, 5) is 4.24. The lowest BCUT2D eigenvalue weighted by atomic mass is 9.95. The van der Waals surface area contributed by atoms with Crippen LogP contribution in [-0.2, 0) is 20.8 Å². The minimum Gasteiger partial charge on any atom is -0.379 e. The summed E-state index contributed by atoms with van der Waals surface area (Å²) in [7, 11) is 1.66. The first-order chi connectivity index (χ1) is 14.6. The molecule has 1 saturated heterocycles. The van der Waals surface area contributed by atoms with Gasteiger partial charge in [0, 0.05) is 30.2 Å². The summed E-state index contributed by atoms with van der Waals surface area (Å²) in [5.74, 6) is 0.582. The maximum atomic E-state index is 13.8. The van der Waals surface area contributed by atoms with Crippen LogP contribution in [0.1, 0.15) is 29.5 Å². The molecule has 1 aliphatic rings. The molecule has 2 heterocycles. The van der Waals surface area contributed by atoms with Gasteiger partial charge in [-0.3, -0.25) is 0 Å². The van der Waals surface area contributed by atoms with Gasteiger partial charge in [-0.05, 0) is 48.7 Å². The van der Waals surface area contributed by atoms with E-state index in [1.54, 1.807) is 19.4 Å². The van der Waals surface area contributed by atoms with Gasteiger partial charge in [-0.1, -0.05) is 29.8 Å². The van der Waals surface area contributed by atoms with Gasteiger partial charge < -0.3 is 18.8 Å². The molecule has 4 rings (SSSR count). The van der Waals surface area contributed by atoms with E-state index in [4.69, 9.17) is 25.8 Å². The molecule has 3 unspecified atom stereocenters. The molecule has 0 saturated carbocycles. The van der Waals surface area contributed by atoms with E-state index in [0.717, 1.165) is 22.6 Å². The van der Waals surface area contributed by atoms with Crippen LogP contribution >= 0.6 is 11.6 Å². The zero-order valence-electron chi connectivity index (χ0n) is 16.9. The zero-order valence-corrected chi connectivity index (χ0v) is 17.7. The Balaban J connectivity index is 1.53. The van der Waals surface area contributed by atoms with Crippen LogP contribution in [0.15, 0.2) is 54.9 Å². The number of nitrogens with zero attached hydrogens (tertiary/aromatic N) is 2. The van der Waals surface area contributed by atoms with Crippen molar-refractivity contribution < 1.29 is 18.6 Å². The van der Waals surface area contributed by atoms with Gasteiger partial charge >= 0.3 is 0 Å². The lowest BCUT2D eigenvalue weighted by Gasteiger charge is -2.37. The maximum Gasteiger partial charge on any atom is 0.123 e. The molecular formula is C23H24ClFN2O3. The molecule has 0 radical (unpaired) electrons. The van der Waals surface area contributed by atoms with E-state index in [1.807, 2.05) is 42.0 Å². The summed E-state index contributed by atoms with van der Waals surface area (Å²) in [6, 6.07) is 12.2. The van der Waals surface area contributed by atoms with Crippen molar-refractivity contribution in [1.29, 1.82) is 0 Å². The second-order valence-electron chi connectivity index (χ2n) is 7.31. The van der Waals surface area contributed by atoms with Crippen molar-refractivity contribution >= 4 is 11.6 Å². The first-order valence-electron chi connectivity index (χ1n) is 9.87. The lowest BCUT2D eigenvalue weighted by molar-refractivity contribution is -0.175. The molecule has 2 aromatic carbocycles. The summed E-state index contributed by atoms with van der Waals surface area (Å²) in [5.41, 5.74) is 2.53. The van der Waals surface area contributed by atoms with Gasteiger partial charge in [0.1, 0.15) is 23.8 Å². The zero-order chi connectivity index (χ0) is 21.1. The number of ether oxygens (including phenoxy) is 3. The Morgan fingerprint density at radius 2 is 2.13 bits per heavy atom. The second kappa shape index (κ2) is 9.27. The van der Waals surface area contributed by atoms with E-state index in [1.165, 1.54) is 12.1 Å². The third-order valence-corrected chi connectivity index (χ3v) is 5.77. The molecular weight excluding hydrogens is 407 g/mol.